The Hall–Kier alpha value is -3.07. The molecular formula is C19H20BrN3O5. The number of anilines is 1. The Morgan fingerprint density at radius 1 is 1.11 bits per heavy atom. The number of para-hydroxylation sites is 2. The Kier molecular flexibility index (Phi) is 7.82. The van der Waals surface area contributed by atoms with Gasteiger partial charge in [0.05, 0.1) is 29.6 Å². The first-order valence-electron chi connectivity index (χ1n) is 8.47. The van der Waals surface area contributed by atoms with E-state index in [2.05, 4.69) is 31.8 Å². The zero-order valence-electron chi connectivity index (χ0n) is 15.4. The molecule has 9 heteroatoms. The zero-order valence-corrected chi connectivity index (χ0v) is 16.9. The first kappa shape index (κ1) is 21.2. The fourth-order valence-electron chi connectivity index (χ4n) is 2.18. The van der Waals surface area contributed by atoms with E-state index >= 15 is 0 Å². The van der Waals surface area contributed by atoms with Crippen LogP contribution in [-0.2, 0) is 9.59 Å². The third-order valence-electron chi connectivity index (χ3n) is 3.37. The highest BCUT2D eigenvalue weighted by atomic mass is 79.9. The molecule has 2 aromatic carbocycles. The molecule has 0 fully saturated rings. The van der Waals surface area contributed by atoms with E-state index in [1.54, 1.807) is 43.3 Å². The second-order valence-corrected chi connectivity index (χ2v) is 6.22. The topological polar surface area (TPSA) is 109 Å². The number of amides is 2. The second-order valence-electron chi connectivity index (χ2n) is 5.36. The first-order chi connectivity index (χ1) is 13.5. The smallest absolute Gasteiger partial charge is 0.329 e. The molecule has 0 aliphatic rings. The summed E-state index contributed by atoms with van der Waals surface area (Å²) in [4.78, 5) is 24.0. The molecule has 0 saturated heterocycles. The van der Waals surface area contributed by atoms with Crippen LogP contribution in [0.5, 0.6) is 17.2 Å². The molecule has 0 atom stereocenters. The van der Waals surface area contributed by atoms with Crippen LogP contribution in [0.1, 0.15) is 19.4 Å². The second kappa shape index (κ2) is 10.3. The quantitative estimate of drug-likeness (QED) is 0.341. The lowest BCUT2D eigenvalue weighted by atomic mass is 10.2. The van der Waals surface area contributed by atoms with Crippen LogP contribution in [0.2, 0.25) is 0 Å². The fourth-order valence-corrected chi connectivity index (χ4v) is 2.64. The van der Waals surface area contributed by atoms with E-state index in [0.29, 0.717) is 34.7 Å². The maximum absolute atomic E-state index is 12.0. The molecule has 0 bridgehead atoms. The minimum Gasteiger partial charge on any atom is -0.503 e. The molecule has 28 heavy (non-hydrogen) atoms. The van der Waals surface area contributed by atoms with E-state index in [1.807, 2.05) is 6.92 Å². The molecule has 0 unspecified atom stereocenters. The van der Waals surface area contributed by atoms with E-state index in [1.165, 1.54) is 6.21 Å². The predicted octanol–water partition coefficient (Wildman–Crippen LogP) is 3.04. The molecule has 0 aliphatic carbocycles. The van der Waals surface area contributed by atoms with Crippen LogP contribution in [0.15, 0.2) is 46.0 Å². The van der Waals surface area contributed by atoms with Gasteiger partial charge in [-0.15, -0.1) is 0 Å². The first-order valence-corrected chi connectivity index (χ1v) is 9.27. The number of halogens is 1. The SMILES string of the molecule is CCOc1ccccc1NC(=O)C(=O)N/N=C/c1cc(Br)c(O)c(OCC)c1. The van der Waals surface area contributed by atoms with E-state index in [0.717, 1.165) is 0 Å². The normalized spacial score (nSPS) is 10.5. The van der Waals surface area contributed by atoms with Gasteiger partial charge in [-0.3, -0.25) is 9.59 Å². The highest BCUT2D eigenvalue weighted by molar-refractivity contribution is 9.10. The number of phenols is 1. The lowest BCUT2D eigenvalue weighted by molar-refractivity contribution is -0.136. The van der Waals surface area contributed by atoms with Gasteiger partial charge in [-0.2, -0.15) is 5.10 Å². The summed E-state index contributed by atoms with van der Waals surface area (Å²) in [7, 11) is 0. The lowest BCUT2D eigenvalue weighted by Gasteiger charge is -2.10. The number of carbonyl (C=O) groups excluding carboxylic acids is 2. The fraction of sp³-hybridized carbons (Fsp3) is 0.211. The van der Waals surface area contributed by atoms with Crippen LogP contribution in [0, 0.1) is 0 Å². The largest absolute Gasteiger partial charge is 0.503 e. The molecule has 0 aliphatic heterocycles. The van der Waals surface area contributed by atoms with E-state index in [9.17, 15) is 14.7 Å². The van der Waals surface area contributed by atoms with Gasteiger partial charge in [0.25, 0.3) is 0 Å². The average molecular weight is 450 g/mol. The summed E-state index contributed by atoms with van der Waals surface area (Å²) in [6, 6.07) is 9.93. The van der Waals surface area contributed by atoms with Crippen molar-refractivity contribution in [2.24, 2.45) is 5.10 Å². The van der Waals surface area contributed by atoms with Gasteiger partial charge < -0.3 is 19.9 Å². The monoisotopic (exact) mass is 449 g/mol. The third kappa shape index (κ3) is 5.71. The summed E-state index contributed by atoms with van der Waals surface area (Å²) in [5.74, 6) is -1.12. The summed E-state index contributed by atoms with van der Waals surface area (Å²) < 4.78 is 11.1. The van der Waals surface area contributed by atoms with Gasteiger partial charge in [0.15, 0.2) is 11.5 Å². The van der Waals surface area contributed by atoms with Gasteiger partial charge in [-0.05, 0) is 59.6 Å². The Bertz CT molecular complexity index is 886. The molecule has 0 heterocycles. The number of aromatic hydroxyl groups is 1. The van der Waals surface area contributed by atoms with Gasteiger partial charge in [0.1, 0.15) is 5.75 Å². The minimum absolute atomic E-state index is 0.0321. The molecule has 2 rings (SSSR count). The van der Waals surface area contributed by atoms with Crippen LogP contribution in [0.3, 0.4) is 0 Å². The molecule has 8 nitrogen and oxygen atoms in total. The van der Waals surface area contributed by atoms with Crippen LogP contribution >= 0.6 is 15.9 Å². The van der Waals surface area contributed by atoms with Crippen molar-refractivity contribution in [1.82, 2.24) is 5.43 Å². The van der Waals surface area contributed by atoms with Crippen LogP contribution in [-0.4, -0.2) is 36.3 Å². The van der Waals surface area contributed by atoms with Crippen molar-refractivity contribution in [1.29, 1.82) is 0 Å². The number of hydrazone groups is 1. The van der Waals surface area contributed by atoms with E-state index in [4.69, 9.17) is 9.47 Å². The van der Waals surface area contributed by atoms with Crippen LogP contribution < -0.4 is 20.2 Å². The van der Waals surface area contributed by atoms with Gasteiger partial charge in [0.2, 0.25) is 0 Å². The van der Waals surface area contributed by atoms with E-state index in [-0.39, 0.29) is 11.5 Å². The van der Waals surface area contributed by atoms with E-state index < -0.39 is 11.8 Å². The summed E-state index contributed by atoms with van der Waals surface area (Å²) in [5.41, 5.74) is 3.09. The Labute approximate surface area is 170 Å². The summed E-state index contributed by atoms with van der Waals surface area (Å²) >= 11 is 3.21. The molecule has 2 aromatic rings. The Balaban J connectivity index is 2.01. The maximum atomic E-state index is 12.0. The van der Waals surface area contributed by atoms with Crippen molar-refractivity contribution in [3.63, 3.8) is 0 Å². The number of phenolic OH excluding ortho intramolecular Hbond substituents is 1. The Morgan fingerprint density at radius 3 is 2.50 bits per heavy atom. The van der Waals surface area contributed by atoms with Crippen molar-refractivity contribution >= 4 is 39.6 Å². The van der Waals surface area contributed by atoms with Crippen LogP contribution in [0.4, 0.5) is 5.69 Å². The number of carbonyl (C=O) groups is 2. The molecule has 2 amide bonds. The summed E-state index contributed by atoms with van der Waals surface area (Å²) in [5, 5.41) is 16.1. The maximum Gasteiger partial charge on any atom is 0.329 e. The molecule has 0 saturated carbocycles. The number of benzene rings is 2. The number of rotatable bonds is 7. The molecule has 148 valence electrons. The molecule has 0 aromatic heterocycles. The van der Waals surface area contributed by atoms with Crippen molar-refractivity contribution in [3.8, 4) is 17.2 Å². The van der Waals surface area contributed by atoms with Gasteiger partial charge in [0, 0.05) is 0 Å². The van der Waals surface area contributed by atoms with Crippen molar-refractivity contribution in [3.05, 3.63) is 46.4 Å². The molecule has 3 N–H and O–H groups in total. The molecular weight excluding hydrogens is 430 g/mol. The van der Waals surface area contributed by atoms with Crippen molar-refractivity contribution < 1.29 is 24.2 Å². The Morgan fingerprint density at radius 2 is 1.79 bits per heavy atom. The molecule has 0 spiro atoms. The highest BCUT2D eigenvalue weighted by Gasteiger charge is 2.15. The highest BCUT2D eigenvalue weighted by Crippen LogP contribution is 2.35. The van der Waals surface area contributed by atoms with Gasteiger partial charge in [-0.25, -0.2) is 5.43 Å². The number of ether oxygens (including phenoxy) is 2. The van der Waals surface area contributed by atoms with Crippen LogP contribution in [0.25, 0.3) is 0 Å². The predicted molar refractivity (Wildman–Crippen MR) is 109 cm³/mol. The van der Waals surface area contributed by atoms with Crippen molar-refractivity contribution in [2.45, 2.75) is 13.8 Å². The molecule has 0 radical (unpaired) electrons. The zero-order chi connectivity index (χ0) is 20.5. The number of hydrogen-bond donors (Lipinski definition) is 3. The lowest BCUT2D eigenvalue weighted by Crippen LogP contribution is -2.32. The number of nitrogens with zero attached hydrogens (tertiary/aromatic N) is 1. The standard InChI is InChI=1S/C19H20BrN3O5/c1-3-27-15-8-6-5-7-14(15)22-18(25)19(26)23-21-11-12-9-13(20)17(24)16(10-12)28-4-2/h5-11,24H,3-4H2,1-2H3,(H,22,25)(H,23,26)/b21-11+. The number of nitrogens with one attached hydrogen (secondary N) is 2. The summed E-state index contributed by atoms with van der Waals surface area (Å²) in [6.07, 6.45) is 1.33. The van der Waals surface area contributed by atoms with Gasteiger partial charge >= 0.3 is 11.8 Å². The average Bonchev–Trinajstić information content (AvgIpc) is 2.67. The van der Waals surface area contributed by atoms with Crippen molar-refractivity contribution in [2.75, 3.05) is 18.5 Å². The third-order valence-corrected chi connectivity index (χ3v) is 3.98. The summed E-state index contributed by atoms with van der Waals surface area (Å²) in [6.45, 7) is 4.41. The number of hydrogen-bond acceptors (Lipinski definition) is 6. The van der Waals surface area contributed by atoms with Gasteiger partial charge in [-0.1, -0.05) is 12.1 Å². The minimum atomic E-state index is -0.939.